The molecule has 0 saturated carbocycles. The van der Waals surface area contributed by atoms with Crippen molar-refractivity contribution in [3.05, 3.63) is 23.8 Å². The standard InChI is InChI=1S/C11H13N3O4/c15-5-3-14(4-6-16)11(17)8-1-2-9-10(7-8)13-18-12-9/h1-2,7,15-16H,3-6H2. The Labute approximate surface area is 103 Å². The highest BCUT2D eigenvalue weighted by atomic mass is 16.6. The van der Waals surface area contributed by atoms with Crippen LogP contribution in [0, 0.1) is 0 Å². The van der Waals surface area contributed by atoms with E-state index in [0.717, 1.165) is 0 Å². The first-order chi connectivity index (χ1) is 8.76. The molecule has 0 atom stereocenters. The molecule has 0 fully saturated rings. The highest BCUT2D eigenvalue weighted by Crippen LogP contribution is 2.13. The third-order valence-corrected chi connectivity index (χ3v) is 2.53. The summed E-state index contributed by atoms with van der Waals surface area (Å²) in [6.07, 6.45) is 0. The van der Waals surface area contributed by atoms with Crippen molar-refractivity contribution in [3.8, 4) is 0 Å². The van der Waals surface area contributed by atoms with Crippen molar-refractivity contribution in [3.63, 3.8) is 0 Å². The van der Waals surface area contributed by atoms with Gasteiger partial charge in [0.1, 0.15) is 11.0 Å². The largest absolute Gasteiger partial charge is 0.395 e. The fraction of sp³-hybridized carbons (Fsp3) is 0.364. The van der Waals surface area contributed by atoms with Gasteiger partial charge in [-0.05, 0) is 28.5 Å². The number of carbonyl (C=O) groups excluding carboxylic acids is 1. The second kappa shape index (κ2) is 5.56. The van der Waals surface area contributed by atoms with E-state index in [9.17, 15) is 4.79 Å². The molecule has 2 rings (SSSR count). The lowest BCUT2D eigenvalue weighted by Crippen LogP contribution is -2.35. The Balaban J connectivity index is 2.24. The van der Waals surface area contributed by atoms with Gasteiger partial charge in [-0.2, -0.15) is 0 Å². The van der Waals surface area contributed by atoms with Crippen molar-refractivity contribution in [2.75, 3.05) is 26.3 Å². The number of rotatable bonds is 5. The zero-order valence-corrected chi connectivity index (χ0v) is 9.61. The van der Waals surface area contributed by atoms with Crippen LogP contribution in [0.5, 0.6) is 0 Å². The number of aliphatic hydroxyl groups is 2. The molecular formula is C11H13N3O4. The van der Waals surface area contributed by atoms with Gasteiger partial charge < -0.3 is 15.1 Å². The average Bonchev–Trinajstić information content (AvgIpc) is 2.84. The van der Waals surface area contributed by atoms with Crippen LogP contribution in [-0.2, 0) is 0 Å². The summed E-state index contributed by atoms with van der Waals surface area (Å²) in [5.41, 5.74) is 1.48. The lowest BCUT2D eigenvalue weighted by molar-refractivity contribution is 0.0685. The van der Waals surface area contributed by atoms with Crippen molar-refractivity contribution in [1.29, 1.82) is 0 Å². The molecule has 7 nitrogen and oxygen atoms in total. The normalized spacial score (nSPS) is 10.8. The van der Waals surface area contributed by atoms with Gasteiger partial charge in [0.25, 0.3) is 5.91 Å². The maximum absolute atomic E-state index is 12.1. The first-order valence-corrected chi connectivity index (χ1v) is 5.49. The summed E-state index contributed by atoms with van der Waals surface area (Å²) < 4.78 is 4.55. The van der Waals surface area contributed by atoms with Crippen molar-refractivity contribution in [2.24, 2.45) is 0 Å². The molecule has 0 unspecified atom stereocenters. The number of benzene rings is 1. The van der Waals surface area contributed by atoms with E-state index in [2.05, 4.69) is 14.9 Å². The predicted octanol–water partition coefficient (Wildman–Crippen LogP) is -0.350. The minimum atomic E-state index is -0.275. The highest BCUT2D eigenvalue weighted by molar-refractivity contribution is 5.97. The van der Waals surface area contributed by atoms with Crippen LogP contribution in [0.25, 0.3) is 11.0 Å². The number of hydrogen-bond donors (Lipinski definition) is 2. The van der Waals surface area contributed by atoms with Crippen molar-refractivity contribution in [2.45, 2.75) is 0 Å². The maximum Gasteiger partial charge on any atom is 0.254 e. The zero-order valence-electron chi connectivity index (χ0n) is 9.61. The molecule has 1 aromatic heterocycles. The second-order valence-corrected chi connectivity index (χ2v) is 3.71. The molecule has 18 heavy (non-hydrogen) atoms. The molecule has 0 aliphatic heterocycles. The Bertz CT molecular complexity index is 534. The maximum atomic E-state index is 12.1. The van der Waals surface area contributed by atoms with Crippen LogP contribution in [0.3, 0.4) is 0 Å². The third kappa shape index (κ3) is 2.47. The van der Waals surface area contributed by atoms with Crippen LogP contribution in [0.4, 0.5) is 0 Å². The zero-order chi connectivity index (χ0) is 13.0. The van der Waals surface area contributed by atoms with E-state index in [4.69, 9.17) is 10.2 Å². The summed E-state index contributed by atoms with van der Waals surface area (Å²) in [6, 6.07) is 4.81. The number of carbonyl (C=O) groups is 1. The Morgan fingerprint density at radius 3 is 2.50 bits per heavy atom. The molecule has 2 N–H and O–H groups in total. The Morgan fingerprint density at radius 1 is 1.17 bits per heavy atom. The van der Waals surface area contributed by atoms with Crippen LogP contribution >= 0.6 is 0 Å². The van der Waals surface area contributed by atoms with E-state index in [1.807, 2.05) is 0 Å². The van der Waals surface area contributed by atoms with Gasteiger partial charge in [0.05, 0.1) is 13.2 Å². The Kier molecular flexibility index (Phi) is 3.85. The Morgan fingerprint density at radius 2 is 1.83 bits per heavy atom. The summed E-state index contributed by atoms with van der Waals surface area (Å²) in [7, 11) is 0. The monoisotopic (exact) mass is 251 g/mol. The van der Waals surface area contributed by atoms with E-state index in [1.165, 1.54) is 4.90 Å². The minimum Gasteiger partial charge on any atom is -0.395 e. The number of aliphatic hydroxyl groups excluding tert-OH is 2. The van der Waals surface area contributed by atoms with Crippen molar-refractivity contribution < 1.29 is 19.6 Å². The van der Waals surface area contributed by atoms with Crippen LogP contribution in [0.1, 0.15) is 10.4 Å². The van der Waals surface area contributed by atoms with Crippen LogP contribution in [0.2, 0.25) is 0 Å². The van der Waals surface area contributed by atoms with Gasteiger partial charge in [-0.15, -0.1) is 0 Å². The first-order valence-electron chi connectivity index (χ1n) is 5.49. The topological polar surface area (TPSA) is 99.7 Å². The van der Waals surface area contributed by atoms with Gasteiger partial charge in [0.15, 0.2) is 0 Å². The third-order valence-electron chi connectivity index (χ3n) is 2.53. The van der Waals surface area contributed by atoms with E-state index in [-0.39, 0.29) is 32.2 Å². The molecule has 0 spiro atoms. The smallest absolute Gasteiger partial charge is 0.254 e. The van der Waals surface area contributed by atoms with Crippen molar-refractivity contribution in [1.82, 2.24) is 15.2 Å². The highest BCUT2D eigenvalue weighted by Gasteiger charge is 2.16. The summed E-state index contributed by atoms with van der Waals surface area (Å²) in [5, 5.41) is 25.1. The number of amides is 1. The molecular weight excluding hydrogens is 238 g/mol. The quantitative estimate of drug-likeness (QED) is 0.753. The second-order valence-electron chi connectivity index (χ2n) is 3.71. The lowest BCUT2D eigenvalue weighted by atomic mass is 10.1. The number of hydrogen-bond acceptors (Lipinski definition) is 6. The summed E-state index contributed by atoms with van der Waals surface area (Å²) in [5.74, 6) is -0.275. The molecule has 0 aliphatic carbocycles. The van der Waals surface area contributed by atoms with E-state index < -0.39 is 0 Å². The fourth-order valence-corrected chi connectivity index (χ4v) is 1.65. The molecule has 7 heteroatoms. The van der Waals surface area contributed by atoms with Crippen LogP contribution in [-0.4, -0.2) is 57.6 Å². The van der Waals surface area contributed by atoms with Gasteiger partial charge in [-0.25, -0.2) is 4.63 Å². The molecule has 96 valence electrons. The number of aromatic nitrogens is 2. The minimum absolute atomic E-state index is 0.153. The van der Waals surface area contributed by atoms with Gasteiger partial charge in [0.2, 0.25) is 0 Å². The van der Waals surface area contributed by atoms with Crippen LogP contribution < -0.4 is 0 Å². The van der Waals surface area contributed by atoms with Crippen LogP contribution in [0.15, 0.2) is 22.8 Å². The van der Waals surface area contributed by atoms with E-state index in [0.29, 0.717) is 16.6 Å². The van der Waals surface area contributed by atoms with Gasteiger partial charge >= 0.3 is 0 Å². The van der Waals surface area contributed by atoms with Gasteiger partial charge in [0, 0.05) is 18.7 Å². The SMILES string of the molecule is O=C(c1ccc2nonc2c1)N(CCO)CCO. The van der Waals surface area contributed by atoms with E-state index in [1.54, 1.807) is 18.2 Å². The molecule has 0 radical (unpaired) electrons. The van der Waals surface area contributed by atoms with E-state index >= 15 is 0 Å². The number of fused-ring (bicyclic) bond motifs is 1. The van der Waals surface area contributed by atoms with Crippen molar-refractivity contribution >= 4 is 16.9 Å². The molecule has 0 aliphatic rings. The molecule has 1 amide bonds. The summed E-state index contributed by atoms with van der Waals surface area (Å²) in [6.45, 7) is 0.0436. The molecule has 1 aromatic carbocycles. The fourth-order valence-electron chi connectivity index (χ4n) is 1.65. The van der Waals surface area contributed by atoms with Gasteiger partial charge in [-0.3, -0.25) is 4.79 Å². The molecule has 1 heterocycles. The molecule has 0 bridgehead atoms. The predicted molar refractivity (Wildman–Crippen MR) is 61.9 cm³/mol. The van der Waals surface area contributed by atoms with Gasteiger partial charge in [-0.1, -0.05) is 0 Å². The number of nitrogens with zero attached hydrogens (tertiary/aromatic N) is 3. The lowest BCUT2D eigenvalue weighted by Gasteiger charge is -2.20. The first kappa shape index (κ1) is 12.5. The summed E-state index contributed by atoms with van der Waals surface area (Å²) in [4.78, 5) is 13.5. The summed E-state index contributed by atoms with van der Waals surface area (Å²) >= 11 is 0. The Hall–Kier alpha value is -1.99. The molecule has 0 saturated heterocycles. The molecule has 2 aromatic rings. The average molecular weight is 251 g/mol.